The van der Waals surface area contributed by atoms with E-state index in [4.69, 9.17) is 4.74 Å². The molecule has 0 N–H and O–H groups in total. The summed E-state index contributed by atoms with van der Waals surface area (Å²) >= 11 is 0. The summed E-state index contributed by atoms with van der Waals surface area (Å²) in [5.74, 6) is -0.455. The van der Waals surface area contributed by atoms with Gasteiger partial charge in [-0.2, -0.15) is 0 Å². The van der Waals surface area contributed by atoms with E-state index in [1.54, 1.807) is 6.92 Å². The van der Waals surface area contributed by atoms with Crippen LogP contribution in [-0.4, -0.2) is 27.0 Å². The molecule has 0 radical (unpaired) electrons. The van der Waals surface area contributed by atoms with Crippen molar-refractivity contribution in [3.8, 4) is 0 Å². The van der Waals surface area contributed by atoms with E-state index in [-0.39, 0.29) is 17.5 Å². The number of esters is 1. The molecule has 0 aromatic heterocycles. The van der Waals surface area contributed by atoms with Crippen LogP contribution in [0.3, 0.4) is 0 Å². The number of fused-ring (bicyclic) bond motifs is 1. The van der Waals surface area contributed by atoms with Gasteiger partial charge in [-0.25, -0.2) is 13.2 Å². The van der Waals surface area contributed by atoms with E-state index < -0.39 is 16.0 Å². The summed E-state index contributed by atoms with van der Waals surface area (Å²) in [6.45, 7) is 3.92. The van der Waals surface area contributed by atoms with Gasteiger partial charge in [-0.1, -0.05) is 18.2 Å². The van der Waals surface area contributed by atoms with Crippen LogP contribution in [0.4, 0.5) is 5.69 Å². The van der Waals surface area contributed by atoms with Crippen LogP contribution in [0.1, 0.15) is 36.2 Å². The van der Waals surface area contributed by atoms with E-state index in [0.717, 1.165) is 24.1 Å². The molecule has 0 fully saturated rings. The van der Waals surface area contributed by atoms with Gasteiger partial charge in [0.1, 0.15) is 0 Å². The van der Waals surface area contributed by atoms with Crippen LogP contribution in [-0.2, 0) is 21.2 Å². The van der Waals surface area contributed by atoms with Crippen molar-refractivity contribution in [3.05, 3.63) is 59.7 Å². The lowest BCUT2D eigenvalue weighted by atomic mass is 9.99. The zero-order valence-electron chi connectivity index (χ0n) is 14.3. The van der Waals surface area contributed by atoms with Crippen LogP contribution in [0.2, 0.25) is 0 Å². The second-order valence-corrected chi connectivity index (χ2v) is 7.88. The van der Waals surface area contributed by atoms with Crippen molar-refractivity contribution in [1.29, 1.82) is 0 Å². The Bertz CT molecular complexity index is 875. The largest absolute Gasteiger partial charge is 0.462 e. The second-order valence-electron chi connectivity index (χ2n) is 6.06. The van der Waals surface area contributed by atoms with Crippen LogP contribution in [0.15, 0.2) is 53.4 Å². The van der Waals surface area contributed by atoms with E-state index in [2.05, 4.69) is 0 Å². The van der Waals surface area contributed by atoms with Crippen molar-refractivity contribution < 1.29 is 17.9 Å². The number of para-hydroxylation sites is 1. The van der Waals surface area contributed by atoms with Crippen LogP contribution >= 0.6 is 0 Å². The van der Waals surface area contributed by atoms with Crippen LogP contribution in [0.25, 0.3) is 0 Å². The molecule has 1 atom stereocenters. The van der Waals surface area contributed by atoms with E-state index in [1.807, 2.05) is 31.2 Å². The number of anilines is 1. The van der Waals surface area contributed by atoms with E-state index >= 15 is 0 Å². The molecule has 0 amide bonds. The second kappa shape index (κ2) is 6.88. The highest BCUT2D eigenvalue weighted by molar-refractivity contribution is 7.92. The Morgan fingerprint density at radius 1 is 1.16 bits per heavy atom. The highest BCUT2D eigenvalue weighted by atomic mass is 32.2. The molecule has 1 heterocycles. The van der Waals surface area contributed by atoms with Gasteiger partial charge in [-0.05, 0) is 62.6 Å². The molecule has 0 unspecified atom stereocenters. The summed E-state index contributed by atoms with van der Waals surface area (Å²) in [4.78, 5) is 11.9. The normalized spacial score (nSPS) is 17.0. The fourth-order valence-electron chi connectivity index (χ4n) is 3.11. The highest BCUT2D eigenvalue weighted by Crippen LogP contribution is 2.35. The number of nitrogens with zero attached hydrogens (tertiary/aromatic N) is 1. The Balaban J connectivity index is 1.98. The molecular weight excluding hydrogens is 338 g/mol. The number of sulfonamides is 1. The van der Waals surface area contributed by atoms with Crippen LogP contribution in [0.5, 0.6) is 0 Å². The van der Waals surface area contributed by atoms with Gasteiger partial charge >= 0.3 is 5.97 Å². The fraction of sp³-hybridized carbons (Fsp3) is 0.316. The first kappa shape index (κ1) is 17.5. The maximum atomic E-state index is 13.2. The average molecular weight is 359 g/mol. The Morgan fingerprint density at radius 3 is 2.52 bits per heavy atom. The SMILES string of the molecule is CCOC(=O)c1ccc(S(=O)(=O)N2c3ccccc3CC[C@H]2C)cc1. The zero-order chi connectivity index (χ0) is 18.0. The number of carbonyl (C=O) groups is 1. The summed E-state index contributed by atoms with van der Waals surface area (Å²) in [6.07, 6.45) is 1.64. The van der Waals surface area contributed by atoms with Crippen molar-refractivity contribution in [2.45, 2.75) is 37.6 Å². The first-order valence-corrected chi connectivity index (χ1v) is 9.78. The third kappa shape index (κ3) is 3.26. The smallest absolute Gasteiger partial charge is 0.338 e. The van der Waals surface area contributed by atoms with Gasteiger partial charge in [0.05, 0.1) is 22.8 Å². The predicted molar refractivity (Wildman–Crippen MR) is 96.3 cm³/mol. The number of carbonyl (C=O) groups excluding carboxylic acids is 1. The van der Waals surface area contributed by atoms with E-state index in [9.17, 15) is 13.2 Å². The molecule has 1 aliphatic rings. The van der Waals surface area contributed by atoms with Crippen molar-refractivity contribution in [2.24, 2.45) is 0 Å². The maximum absolute atomic E-state index is 13.2. The average Bonchev–Trinajstić information content (AvgIpc) is 2.61. The molecule has 5 nitrogen and oxygen atoms in total. The number of hydrogen-bond acceptors (Lipinski definition) is 4. The van der Waals surface area contributed by atoms with E-state index in [0.29, 0.717) is 5.56 Å². The molecule has 132 valence electrons. The molecule has 2 aromatic rings. The van der Waals surface area contributed by atoms with E-state index in [1.165, 1.54) is 28.6 Å². The van der Waals surface area contributed by atoms with Gasteiger partial charge in [0.2, 0.25) is 0 Å². The van der Waals surface area contributed by atoms with Gasteiger partial charge in [0, 0.05) is 6.04 Å². The minimum atomic E-state index is -3.70. The first-order valence-electron chi connectivity index (χ1n) is 8.34. The molecule has 25 heavy (non-hydrogen) atoms. The zero-order valence-corrected chi connectivity index (χ0v) is 15.1. The third-order valence-corrected chi connectivity index (χ3v) is 6.33. The van der Waals surface area contributed by atoms with Gasteiger partial charge in [0.25, 0.3) is 10.0 Å². The minimum Gasteiger partial charge on any atom is -0.462 e. The summed E-state index contributed by atoms with van der Waals surface area (Å²) in [7, 11) is -3.70. The molecule has 1 aliphatic heterocycles. The number of ether oxygens (including phenoxy) is 1. The third-order valence-electron chi connectivity index (χ3n) is 4.38. The lowest BCUT2D eigenvalue weighted by Crippen LogP contribution is -2.42. The molecule has 0 bridgehead atoms. The van der Waals surface area contributed by atoms with Gasteiger partial charge < -0.3 is 4.74 Å². The molecule has 0 spiro atoms. The summed E-state index contributed by atoms with van der Waals surface area (Å²) in [6, 6.07) is 13.4. The molecule has 6 heteroatoms. The molecule has 0 saturated carbocycles. The van der Waals surface area contributed by atoms with Crippen molar-refractivity contribution in [3.63, 3.8) is 0 Å². The highest BCUT2D eigenvalue weighted by Gasteiger charge is 2.33. The van der Waals surface area contributed by atoms with Crippen molar-refractivity contribution >= 4 is 21.7 Å². The van der Waals surface area contributed by atoms with Gasteiger partial charge in [-0.3, -0.25) is 4.31 Å². The number of benzene rings is 2. The van der Waals surface area contributed by atoms with Crippen molar-refractivity contribution in [1.82, 2.24) is 0 Å². The lowest BCUT2D eigenvalue weighted by Gasteiger charge is -2.36. The molecule has 0 saturated heterocycles. The van der Waals surface area contributed by atoms with Crippen LogP contribution in [0, 0.1) is 0 Å². The topological polar surface area (TPSA) is 63.7 Å². The maximum Gasteiger partial charge on any atom is 0.338 e. The standard InChI is InChI=1S/C19H21NO4S/c1-3-24-19(21)16-10-12-17(13-11-16)25(22,23)20-14(2)8-9-15-6-4-5-7-18(15)20/h4-7,10-14H,3,8-9H2,1-2H3/t14-/m1/s1. The van der Waals surface area contributed by atoms with Crippen LogP contribution < -0.4 is 4.31 Å². The molecule has 0 aliphatic carbocycles. The first-order chi connectivity index (χ1) is 11.9. The molecule has 2 aromatic carbocycles. The predicted octanol–water partition coefficient (Wildman–Crippen LogP) is 3.39. The van der Waals surface area contributed by atoms with Gasteiger partial charge in [-0.15, -0.1) is 0 Å². The Hall–Kier alpha value is -2.34. The number of hydrogen-bond donors (Lipinski definition) is 0. The Morgan fingerprint density at radius 2 is 1.84 bits per heavy atom. The lowest BCUT2D eigenvalue weighted by molar-refractivity contribution is 0.0526. The number of aryl methyl sites for hydroxylation is 1. The molecule has 3 rings (SSSR count). The van der Waals surface area contributed by atoms with Gasteiger partial charge in [0.15, 0.2) is 0 Å². The summed E-state index contributed by atoms with van der Waals surface area (Å²) < 4.78 is 32.8. The summed E-state index contributed by atoms with van der Waals surface area (Å²) in [5, 5.41) is 0. The summed E-state index contributed by atoms with van der Waals surface area (Å²) in [5.41, 5.74) is 2.11. The Kier molecular flexibility index (Phi) is 4.81. The fourth-order valence-corrected chi connectivity index (χ4v) is 4.84. The van der Waals surface area contributed by atoms with Crippen molar-refractivity contribution in [2.75, 3.05) is 10.9 Å². The quantitative estimate of drug-likeness (QED) is 0.785. The molecular formula is C19H21NO4S. The Labute approximate surface area is 148 Å². The number of rotatable bonds is 4. The monoisotopic (exact) mass is 359 g/mol. The minimum absolute atomic E-state index is 0.121.